The molecule has 27 heavy (non-hydrogen) atoms. The fraction of sp³-hybridized carbons (Fsp3) is 0.550. The van der Waals surface area contributed by atoms with E-state index in [1.54, 1.807) is 0 Å². The number of likely N-dealkylation sites (tertiary alicyclic amines) is 1. The quantitative estimate of drug-likeness (QED) is 0.837. The molecule has 1 aliphatic carbocycles. The first kappa shape index (κ1) is 17.8. The summed E-state index contributed by atoms with van der Waals surface area (Å²) in [5, 5.41) is 0. The summed E-state index contributed by atoms with van der Waals surface area (Å²) in [5.41, 5.74) is 14.5. The zero-order chi connectivity index (χ0) is 19.0. The number of carbonyl (C=O) groups excluding carboxylic acids is 1. The summed E-state index contributed by atoms with van der Waals surface area (Å²) >= 11 is 0. The molecule has 2 heterocycles. The summed E-state index contributed by atoms with van der Waals surface area (Å²) in [4.78, 5) is 25.6. The number of carbonyl (C=O) groups is 1. The molecule has 0 bridgehead atoms. The number of rotatable bonds is 2. The van der Waals surface area contributed by atoms with Crippen LogP contribution in [0.2, 0.25) is 0 Å². The zero-order valence-corrected chi connectivity index (χ0v) is 15.9. The largest absolute Gasteiger partial charge is 0.369 e. The fourth-order valence-electron chi connectivity index (χ4n) is 4.61. The minimum absolute atomic E-state index is 0.108. The van der Waals surface area contributed by atoms with Gasteiger partial charge in [0.2, 0.25) is 11.9 Å². The van der Waals surface area contributed by atoms with E-state index < -0.39 is 5.66 Å². The van der Waals surface area contributed by atoms with E-state index in [2.05, 4.69) is 4.99 Å². The molecule has 4 rings (SSSR count). The summed E-state index contributed by atoms with van der Waals surface area (Å²) in [6.45, 7) is 3.71. The molecule has 0 radical (unpaired) electrons. The molecule has 1 saturated carbocycles. The van der Waals surface area contributed by atoms with Crippen LogP contribution in [-0.4, -0.2) is 41.5 Å². The van der Waals surface area contributed by atoms with Crippen LogP contribution in [-0.2, 0) is 0 Å². The summed E-state index contributed by atoms with van der Waals surface area (Å²) in [7, 11) is 0. The number of benzene rings is 1. The molecular weight excluding hydrogens is 340 g/mol. The fourth-order valence-corrected chi connectivity index (χ4v) is 4.61. The molecule has 7 nitrogen and oxygen atoms in total. The molecule has 144 valence electrons. The second-order valence-electron chi connectivity index (χ2n) is 7.82. The topological polar surface area (TPSA) is 100 Å². The highest BCUT2D eigenvalue weighted by atomic mass is 16.2. The molecule has 1 aromatic carbocycles. The predicted octanol–water partition coefficient (Wildman–Crippen LogP) is 2.34. The lowest BCUT2D eigenvalue weighted by Crippen LogP contribution is -2.58. The molecular formula is C20H28N6O. The number of hydrogen-bond donors (Lipinski definition) is 2. The van der Waals surface area contributed by atoms with Crippen molar-refractivity contribution in [3.05, 3.63) is 29.3 Å². The molecule has 2 fully saturated rings. The molecule has 1 spiro atoms. The lowest BCUT2D eigenvalue weighted by molar-refractivity contribution is 0.0793. The van der Waals surface area contributed by atoms with E-state index in [1.807, 2.05) is 34.9 Å². The zero-order valence-electron chi connectivity index (χ0n) is 15.9. The average Bonchev–Trinajstić information content (AvgIpc) is 3.17. The summed E-state index contributed by atoms with van der Waals surface area (Å²) in [6.07, 6.45) is 7.35. The first-order chi connectivity index (χ1) is 13.0. The molecule has 2 aliphatic heterocycles. The maximum atomic E-state index is 12.7. The first-order valence-corrected chi connectivity index (χ1v) is 9.90. The minimum Gasteiger partial charge on any atom is -0.369 e. The Morgan fingerprint density at radius 1 is 1.07 bits per heavy atom. The highest BCUT2D eigenvalue weighted by Gasteiger charge is 2.43. The lowest BCUT2D eigenvalue weighted by Gasteiger charge is -2.46. The van der Waals surface area contributed by atoms with Gasteiger partial charge < -0.3 is 16.4 Å². The van der Waals surface area contributed by atoms with Crippen LogP contribution in [0.5, 0.6) is 0 Å². The van der Waals surface area contributed by atoms with Gasteiger partial charge in [-0.3, -0.25) is 9.69 Å². The van der Waals surface area contributed by atoms with Crippen molar-refractivity contribution in [1.29, 1.82) is 0 Å². The van der Waals surface area contributed by atoms with Gasteiger partial charge in [0.15, 0.2) is 0 Å². The van der Waals surface area contributed by atoms with Gasteiger partial charge >= 0.3 is 0 Å². The highest BCUT2D eigenvalue weighted by Crippen LogP contribution is 2.40. The van der Waals surface area contributed by atoms with Gasteiger partial charge in [0, 0.05) is 24.3 Å². The van der Waals surface area contributed by atoms with Crippen molar-refractivity contribution >= 4 is 23.5 Å². The second-order valence-corrected chi connectivity index (χ2v) is 7.82. The van der Waals surface area contributed by atoms with E-state index >= 15 is 0 Å². The average molecular weight is 368 g/mol. The number of nitrogens with zero attached hydrogens (tertiary/aromatic N) is 4. The summed E-state index contributed by atoms with van der Waals surface area (Å²) in [6, 6.07) is 5.84. The lowest BCUT2D eigenvalue weighted by atomic mass is 9.87. The van der Waals surface area contributed by atoms with Gasteiger partial charge in [-0.05, 0) is 69.2 Å². The van der Waals surface area contributed by atoms with Gasteiger partial charge in [0.25, 0.3) is 5.91 Å². The minimum atomic E-state index is -0.459. The Hall–Kier alpha value is -2.57. The van der Waals surface area contributed by atoms with Gasteiger partial charge in [-0.15, -0.1) is 0 Å². The van der Waals surface area contributed by atoms with Crippen LogP contribution in [0.3, 0.4) is 0 Å². The molecule has 7 heteroatoms. The number of guanidine groups is 2. The number of hydrogen-bond acceptors (Lipinski definition) is 6. The van der Waals surface area contributed by atoms with Gasteiger partial charge in [-0.2, -0.15) is 4.99 Å². The van der Waals surface area contributed by atoms with Crippen molar-refractivity contribution in [2.24, 2.45) is 21.5 Å². The Kier molecular flexibility index (Phi) is 4.53. The van der Waals surface area contributed by atoms with Crippen LogP contribution >= 0.6 is 0 Å². The molecule has 0 atom stereocenters. The van der Waals surface area contributed by atoms with Crippen LogP contribution in [0.1, 0.15) is 60.9 Å². The smallest absolute Gasteiger partial charge is 0.253 e. The van der Waals surface area contributed by atoms with Gasteiger partial charge in [0.05, 0.1) is 0 Å². The predicted molar refractivity (Wildman–Crippen MR) is 108 cm³/mol. The van der Waals surface area contributed by atoms with Crippen molar-refractivity contribution in [1.82, 2.24) is 4.90 Å². The molecule has 4 N–H and O–H groups in total. The maximum Gasteiger partial charge on any atom is 0.253 e. The third-order valence-electron chi connectivity index (χ3n) is 5.93. The monoisotopic (exact) mass is 368 g/mol. The maximum absolute atomic E-state index is 12.7. The summed E-state index contributed by atoms with van der Waals surface area (Å²) < 4.78 is 0. The van der Waals surface area contributed by atoms with Crippen molar-refractivity contribution in [3.63, 3.8) is 0 Å². The summed E-state index contributed by atoms with van der Waals surface area (Å²) in [5.74, 6) is 0.743. The van der Waals surface area contributed by atoms with Crippen molar-refractivity contribution in [2.45, 2.75) is 57.5 Å². The number of aryl methyl sites for hydroxylation is 1. The van der Waals surface area contributed by atoms with E-state index in [4.69, 9.17) is 16.5 Å². The van der Waals surface area contributed by atoms with Crippen molar-refractivity contribution < 1.29 is 4.79 Å². The number of nitrogens with two attached hydrogens (primary N) is 2. The van der Waals surface area contributed by atoms with E-state index in [-0.39, 0.29) is 11.9 Å². The molecule has 1 aromatic rings. The number of anilines is 1. The van der Waals surface area contributed by atoms with Gasteiger partial charge in [0.1, 0.15) is 5.66 Å². The SMILES string of the molecule is Cc1cc(C(=O)N2CCCC2)ccc1N1C(N)=NC(N)=NC12CCCCC2. The molecule has 1 saturated heterocycles. The van der Waals surface area contributed by atoms with Crippen molar-refractivity contribution in [2.75, 3.05) is 18.0 Å². The van der Waals surface area contributed by atoms with Gasteiger partial charge in [-0.1, -0.05) is 6.42 Å². The van der Waals surface area contributed by atoms with E-state index in [0.717, 1.165) is 68.4 Å². The van der Waals surface area contributed by atoms with Crippen LogP contribution in [0, 0.1) is 6.92 Å². The third kappa shape index (κ3) is 3.15. The normalized spacial score (nSPS) is 22.0. The Balaban J connectivity index is 1.69. The molecule has 3 aliphatic rings. The molecule has 1 amide bonds. The Morgan fingerprint density at radius 2 is 1.78 bits per heavy atom. The van der Waals surface area contributed by atoms with Gasteiger partial charge in [-0.25, -0.2) is 4.99 Å². The Bertz CT molecular complexity index is 803. The highest BCUT2D eigenvalue weighted by molar-refractivity contribution is 6.06. The third-order valence-corrected chi connectivity index (χ3v) is 5.93. The van der Waals surface area contributed by atoms with E-state index in [9.17, 15) is 4.79 Å². The molecule has 0 aromatic heterocycles. The van der Waals surface area contributed by atoms with Crippen LogP contribution in [0.25, 0.3) is 0 Å². The first-order valence-electron chi connectivity index (χ1n) is 9.90. The van der Waals surface area contributed by atoms with Crippen LogP contribution in [0.15, 0.2) is 28.2 Å². The Morgan fingerprint density at radius 3 is 2.44 bits per heavy atom. The van der Waals surface area contributed by atoms with E-state index in [1.165, 1.54) is 6.42 Å². The molecule has 0 unspecified atom stereocenters. The van der Waals surface area contributed by atoms with Crippen LogP contribution in [0.4, 0.5) is 5.69 Å². The van der Waals surface area contributed by atoms with Crippen LogP contribution < -0.4 is 16.4 Å². The Labute approximate surface area is 160 Å². The number of amides is 1. The second kappa shape index (κ2) is 6.87. The van der Waals surface area contributed by atoms with Crippen molar-refractivity contribution in [3.8, 4) is 0 Å². The standard InChI is InChI=1S/C20H28N6O/c1-14-13-15(17(27)25-11-5-6-12-25)7-8-16(14)26-19(22)23-18(21)24-20(26)9-3-2-4-10-20/h7-8,13H,2-6,9-12H2,1H3,(H4,21,22,23,24). The number of aliphatic imine (C=N–C) groups is 2. The van der Waals surface area contributed by atoms with E-state index in [0.29, 0.717) is 5.96 Å².